The van der Waals surface area contributed by atoms with Crippen LogP contribution in [0.4, 0.5) is 20.2 Å². The maximum Gasteiger partial charge on any atom is 0.258 e. The normalized spacial score (nSPS) is 10.4. The standard InChI is InChI=1S/C14H13F2N3O2/c1-2-19-7-9(3-4-12(19)20)18-14(21)10-5-8(15)6-11(17)13(10)16/h3-7H,2,17H2,1H3,(H,18,21). The maximum atomic E-state index is 13.7. The number of nitrogens with zero attached hydrogens (tertiary/aromatic N) is 1. The van der Waals surface area contributed by atoms with Gasteiger partial charge in [0.25, 0.3) is 11.5 Å². The Labute approximate surface area is 119 Å². The lowest BCUT2D eigenvalue weighted by molar-refractivity contribution is 0.102. The van der Waals surface area contributed by atoms with Crippen molar-refractivity contribution in [1.82, 2.24) is 4.57 Å². The molecule has 3 N–H and O–H groups in total. The van der Waals surface area contributed by atoms with Crippen molar-refractivity contribution >= 4 is 17.3 Å². The Bertz CT molecular complexity index is 756. The van der Waals surface area contributed by atoms with Crippen molar-refractivity contribution in [3.8, 4) is 0 Å². The van der Waals surface area contributed by atoms with Gasteiger partial charge in [-0.15, -0.1) is 0 Å². The van der Waals surface area contributed by atoms with Crippen LogP contribution in [-0.4, -0.2) is 10.5 Å². The smallest absolute Gasteiger partial charge is 0.258 e. The second kappa shape index (κ2) is 5.74. The number of benzene rings is 1. The number of pyridine rings is 1. The average Bonchev–Trinajstić information content (AvgIpc) is 2.44. The number of anilines is 2. The summed E-state index contributed by atoms with van der Waals surface area (Å²) in [5, 5.41) is 2.39. The van der Waals surface area contributed by atoms with Crippen LogP contribution in [0.15, 0.2) is 35.3 Å². The number of nitrogens with two attached hydrogens (primary N) is 1. The molecule has 0 fully saturated rings. The van der Waals surface area contributed by atoms with Crippen LogP contribution in [-0.2, 0) is 6.54 Å². The van der Waals surface area contributed by atoms with Gasteiger partial charge in [-0.25, -0.2) is 8.78 Å². The summed E-state index contributed by atoms with van der Waals surface area (Å²) >= 11 is 0. The lowest BCUT2D eigenvalue weighted by Crippen LogP contribution is -2.20. The molecule has 1 aromatic heterocycles. The molecule has 21 heavy (non-hydrogen) atoms. The Kier molecular flexibility index (Phi) is 4.02. The summed E-state index contributed by atoms with van der Waals surface area (Å²) in [5.74, 6) is -2.64. The number of halogens is 2. The van der Waals surface area contributed by atoms with Gasteiger partial charge in [-0.2, -0.15) is 0 Å². The third-order valence-electron chi connectivity index (χ3n) is 2.89. The predicted octanol–water partition coefficient (Wildman–Crippen LogP) is 1.98. The molecule has 0 atom stereocenters. The molecule has 5 nitrogen and oxygen atoms in total. The minimum atomic E-state index is -0.988. The lowest BCUT2D eigenvalue weighted by atomic mass is 10.1. The third-order valence-corrected chi connectivity index (χ3v) is 2.89. The number of nitrogens with one attached hydrogen (secondary N) is 1. The highest BCUT2D eigenvalue weighted by molar-refractivity contribution is 6.04. The van der Waals surface area contributed by atoms with Gasteiger partial charge < -0.3 is 15.6 Å². The van der Waals surface area contributed by atoms with Crippen LogP contribution >= 0.6 is 0 Å². The molecule has 2 aromatic rings. The first-order valence-corrected chi connectivity index (χ1v) is 6.18. The summed E-state index contributed by atoms with van der Waals surface area (Å²) in [4.78, 5) is 23.4. The Morgan fingerprint density at radius 3 is 2.71 bits per heavy atom. The lowest BCUT2D eigenvalue weighted by Gasteiger charge is -2.09. The molecule has 1 amide bonds. The molecule has 0 aliphatic heterocycles. The van der Waals surface area contributed by atoms with E-state index < -0.39 is 28.8 Å². The van der Waals surface area contributed by atoms with Gasteiger partial charge in [-0.05, 0) is 25.1 Å². The van der Waals surface area contributed by atoms with E-state index in [2.05, 4.69) is 5.32 Å². The third kappa shape index (κ3) is 3.07. The molecule has 0 saturated carbocycles. The minimum Gasteiger partial charge on any atom is -0.396 e. The second-order valence-electron chi connectivity index (χ2n) is 4.35. The summed E-state index contributed by atoms with van der Waals surface area (Å²) in [5.41, 5.74) is 4.40. The van der Waals surface area contributed by atoms with E-state index in [4.69, 9.17) is 5.73 Å². The fourth-order valence-corrected chi connectivity index (χ4v) is 1.83. The summed E-state index contributed by atoms with van der Waals surface area (Å²) in [6, 6.07) is 4.21. The Morgan fingerprint density at radius 1 is 1.33 bits per heavy atom. The van der Waals surface area contributed by atoms with Crippen LogP contribution in [0.25, 0.3) is 0 Å². The van der Waals surface area contributed by atoms with E-state index in [1.807, 2.05) is 0 Å². The van der Waals surface area contributed by atoms with E-state index in [0.29, 0.717) is 12.2 Å². The van der Waals surface area contributed by atoms with Crippen LogP contribution in [0.2, 0.25) is 0 Å². The van der Waals surface area contributed by atoms with Crippen molar-refractivity contribution in [1.29, 1.82) is 0 Å². The molecule has 110 valence electrons. The molecule has 2 rings (SSSR count). The van der Waals surface area contributed by atoms with Gasteiger partial charge in [-0.3, -0.25) is 9.59 Å². The van der Waals surface area contributed by atoms with Crippen LogP contribution in [0.5, 0.6) is 0 Å². The Morgan fingerprint density at radius 2 is 2.05 bits per heavy atom. The Hall–Kier alpha value is -2.70. The number of rotatable bonds is 3. The van der Waals surface area contributed by atoms with Crippen LogP contribution < -0.4 is 16.6 Å². The number of hydrogen-bond acceptors (Lipinski definition) is 3. The van der Waals surface area contributed by atoms with E-state index in [-0.39, 0.29) is 5.56 Å². The largest absolute Gasteiger partial charge is 0.396 e. The molecule has 0 aliphatic rings. The van der Waals surface area contributed by atoms with Gasteiger partial charge in [0.1, 0.15) is 5.82 Å². The number of carbonyl (C=O) groups is 1. The molecular formula is C14H13F2N3O2. The number of hydrogen-bond donors (Lipinski definition) is 2. The first-order chi connectivity index (χ1) is 9.92. The molecule has 7 heteroatoms. The number of aryl methyl sites for hydroxylation is 1. The summed E-state index contributed by atoms with van der Waals surface area (Å²) < 4.78 is 28.3. The van der Waals surface area contributed by atoms with Crippen molar-refractivity contribution in [2.24, 2.45) is 0 Å². The van der Waals surface area contributed by atoms with E-state index in [9.17, 15) is 18.4 Å². The summed E-state index contributed by atoms with van der Waals surface area (Å²) in [7, 11) is 0. The molecule has 0 saturated heterocycles. The molecule has 0 radical (unpaired) electrons. The van der Waals surface area contributed by atoms with E-state index in [0.717, 1.165) is 12.1 Å². The summed E-state index contributed by atoms with van der Waals surface area (Å²) in [6.07, 6.45) is 1.42. The topological polar surface area (TPSA) is 77.1 Å². The molecule has 1 aromatic carbocycles. The summed E-state index contributed by atoms with van der Waals surface area (Å²) in [6.45, 7) is 2.18. The van der Waals surface area contributed by atoms with Gasteiger partial charge in [0.15, 0.2) is 5.82 Å². The molecule has 0 aliphatic carbocycles. The van der Waals surface area contributed by atoms with Crippen LogP contribution in [0, 0.1) is 11.6 Å². The van der Waals surface area contributed by atoms with Gasteiger partial charge >= 0.3 is 0 Å². The van der Waals surface area contributed by atoms with Crippen molar-refractivity contribution < 1.29 is 13.6 Å². The zero-order valence-corrected chi connectivity index (χ0v) is 11.2. The van der Waals surface area contributed by atoms with Gasteiger partial charge in [0.05, 0.1) is 16.9 Å². The van der Waals surface area contributed by atoms with Crippen molar-refractivity contribution in [3.05, 3.63) is 58.0 Å². The predicted molar refractivity (Wildman–Crippen MR) is 75.1 cm³/mol. The first-order valence-electron chi connectivity index (χ1n) is 6.18. The SMILES string of the molecule is CCn1cc(NC(=O)c2cc(F)cc(N)c2F)ccc1=O. The first kappa shape index (κ1) is 14.7. The zero-order chi connectivity index (χ0) is 15.6. The van der Waals surface area contributed by atoms with Crippen molar-refractivity contribution in [2.75, 3.05) is 11.1 Å². The fourth-order valence-electron chi connectivity index (χ4n) is 1.83. The number of carbonyl (C=O) groups excluding carboxylic acids is 1. The fraction of sp³-hybridized carbons (Fsp3) is 0.143. The van der Waals surface area contributed by atoms with Gasteiger partial charge in [0, 0.05) is 18.8 Å². The monoisotopic (exact) mass is 293 g/mol. The average molecular weight is 293 g/mol. The van der Waals surface area contributed by atoms with Crippen LogP contribution in [0.1, 0.15) is 17.3 Å². The molecular weight excluding hydrogens is 280 g/mol. The van der Waals surface area contributed by atoms with E-state index in [1.54, 1.807) is 6.92 Å². The van der Waals surface area contributed by atoms with E-state index >= 15 is 0 Å². The highest BCUT2D eigenvalue weighted by atomic mass is 19.1. The maximum absolute atomic E-state index is 13.7. The molecule has 0 unspecified atom stereocenters. The number of nitrogen functional groups attached to an aromatic ring is 1. The van der Waals surface area contributed by atoms with Crippen LogP contribution in [0.3, 0.4) is 0 Å². The highest BCUT2D eigenvalue weighted by Crippen LogP contribution is 2.18. The highest BCUT2D eigenvalue weighted by Gasteiger charge is 2.16. The van der Waals surface area contributed by atoms with Gasteiger partial charge in [-0.1, -0.05) is 0 Å². The number of aromatic nitrogens is 1. The molecule has 1 heterocycles. The molecule has 0 bridgehead atoms. The quantitative estimate of drug-likeness (QED) is 0.849. The van der Waals surface area contributed by atoms with Crippen molar-refractivity contribution in [2.45, 2.75) is 13.5 Å². The second-order valence-corrected chi connectivity index (χ2v) is 4.35. The zero-order valence-electron chi connectivity index (χ0n) is 11.2. The van der Waals surface area contributed by atoms with Gasteiger partial charge in [0.2, 0.25) is 0 Å². The Balaban J connectivity index is 2.32. The molecule has 0 spiro atoms. The van der Waals surface area contributed by atoms with E-state index in [1.165, 1.54) is 22.9 Å². The number of amides is 1. The van der Waals surface area contributed by atoms with Crippen molar-refractivity contribution in [3.63, 3.8) is 0 Å². The minimum absolute atomic E-state index is 0.225.